The fourth-order valence-corrected chi connectivity index (χ4v) is 5.99. The number of aliphatic hydroxyl groups is 1. The number of benzene rings is 1. The monoisotopic (exact) mass is 542 g/mol. The smallest absolute Gasteiger partial charge is 0.237 e. The number of carbonyl (C=O) groups is 3. The van der Waals surface area contributed by atoms with Crippen LogP contribution in [0.25, 0.3) is 0 Å². The van der Waals surface area contributed by atoms with Crippen LogP contribution in [0, 0.1) is 23.2 Å². The van der Waals surface area contributed by atoms with Gasteiger partial charge in [-0.25, -0.2) is 0 Å². The second kappa shape index (κ2) is 12.8. The Morgan fingerprint density at radius 3 is 2.26 bits per heavy atom. The van der Waals surface area contributed by atoms with Crippen molar-refractivity contribution in [3.8, 4) is 0 Å². The van der Waals surface area contributed by atoms with Crippen molar-refractivity contribution in [2.75, 3.05) is 13.1 Å². The van der Waals surface area contributed by atoms with Crippen molar-refractivity contribution in [3.63, 3.8) is 0 Å². The van der Waals surface area contributed by atoms with Crippen molar-refractivity contribution in [2.45, 2.75) is 104 Å². The largest absolute Gasteiger partial charge is 0.390 e. The highest BCUT2D eigenvalue weighted by Gasteiger charge is 2.42. The van der Waals surface area contributed by atoms with Crippen LogP contribution < -0.4 is 16.4 Å². The molecule has 39 heavy (non-hydrogen) atoms. The first-order valence-corrected chi connectivity index (χ1v) is 14.6. The standard InChI is InChI=1S/C31H50N4O4/c1-20(31(5,6)29(32)39)27(37)33-24(16-21-12-8-7-9-13-21)26(36)19-35-18-23-15-11-10-14-22(23)17-25(35)28(38)34-30(2,3)4/h7-9,12-13,20,22-26,36H,10-11,14-19H2,1-6H3,(H2,32,39)(H,33,37)(H,34,38)/t20-,22+,23-,24+,25-,26-/m1/s1. The van der Waals surface area contributed by atoms with Crippen LogP contribution in [0.15, 0.2) is 30.3 Å². The maximum Gasteiger partial charge on any atom is 0.237 e. The number of aliphatic hydroxyl groups excluding tert-OH is 1. The number of rotatable bonds is 10. The van der Waals surface area contributed by atoms with Gasteiger partial charge in [-0.15, -0.1) is 0 Å². The molecule has 218 valence electrons. The summed E-state index contributed by atoms with van der Waals surface area (Å²) in [5.41, 5.74) is 5.17. The normalized spacial score (nSPS) is 24.6. The third-order valence-electron chi connectivity index (χ3n) is 8.93. The Balaban J connectivity index is 1.82. The molecule has 1 heterocycles. The first-order valence-electron chi connectivity index (χ1n) is 14.6. The Morgan fingerprint density at radius 1 is 1.05 bits per heavy atom. The lowest BCUT2D eigenvalue weighted by Gasteiger charge is -2.47. The maximum absolute atomic E-state index is 13.4. The predicted octanol–water partition coefficient (Wildman–Crippen LogP) is 3.02. The third kappa shape index (κ3) is 8.27. The highest BCUT2D eigenvalue weighted by atomic mass is 16.3. The molecule has 1 aromatic carbocycles. The summed E-state index contributed by atoms with van der Waals surface area (Å²) in [6.07, 6.45) is 5.02. The summed E-state index contributed by atoms with van der Waals surface area (Å²) >= 11 is 0. The number of primary amides is 1. The molecule has 8 heteroatoms. The average Bonchev–Trinajstić information content (AvgIpc) is 2.86. The number of nitrogens with one attached hydrogen (secondary N) is 2. The van der Waals surface area contributed by atoms with Gasteiger partial charge in [0.25, 0.3) is 0 Å². The van der Waals surface area contributed by atoms with Gasteiger partial charge in [-0.05, 0) is 57.4 Å². The molecule has 1 aromatic rings. The molecule has 1 aliphatic carbocycles. The maximum atomic E-state index is 13.4. The van der Waals surface area contributed by atoms with Gasteiger partial charge in [-0.2, -0.15) is 0 Å². The molecule has 1 aliphatic heterocycles. The number of hydrogen-bond acceptors (Lipinski definition) is 5. The van der Waals surface area contributed by atoms with E-state index in [2.05, 4.69) is 15.5 Å². The Hall–Kier alpha value is -2.45. The number of nitrogens with zero attached hydrogens (tertiary/aromatic N) is 1. The zero-order chi connectivity index (χ0) is 29.0. The van der Waals surface area contributed by atoms with E-state index in [0.717, 1.165) is 31.4 Å². The summed E-state index contributed by atoms with van der Waals surface area (Å²) in [5.74, 6) is -0.508. The van der Waals surface area contributed by atoms with Gasteiger partial charge in [0, 0.05) is 24.5 Å². The number of hydrogen-bond donors (Lipinski definition) is 4. The molecule has 1 saturated carbocycles. The number of nitrogens with two attached hydrogens (primary N) is 1. The topological polar surface area (TPSA) is 125 Å². The van der Waals surface area contributed by atoms with Crippen LogP contribution in [0.3, 0.4) is 0 Å². The highest BCUT2D eigenvalue weighted by Crippen LogP contribution is 2.39. The Morgan fingerprint density at radius 2 is 1.67 bits per heavy atom. The van der Waals surface area contributed by atoms with E-state index in [9.17, 15) is 19.5 Å². The van der Waals surface area contributed by atoms with Gasteiger partial charge in [0.2, 0.25) is 17.7 Å². The molecule has 3 rings (SSSR count). The van der Waals surface area contributed by atoms with Crippen molar-refractivity contribution in [3.05, 3.63) is 35.9 Å². The van der Waals surface area contributed by atoms with Crippen molar-refractivity contribution in [1.29, 1.82) is 0 Å². The van der Waals surface area contributed by atoms with Gasteiger partial charge >= 0.3 is 0 Å². The van der Waals surface area contributed by atoms with Crippen LogP contribution in [0.2, 0.25) is 0 Å². The van der Waals surface area contributed by atoms with Crippen molar-refractivity contribution < 1.29 is 19.5 Å². The third-order valence-corrected chi connectivity index (χ3v) is 8.93. The van der Waals surface area contributed by atoms with Gasteiger partial charge in [0.05, 0.1) is 23.6 Å². The zero-order valence-corrected chi connectivity index (χ0v) is 24.7. The molecular weight excluding hydrogens is 492 g/mol. The van der Waals surface area contributed by atoms with Crippen molar-refractivity contribution in [2.24, 2.45) is 28.9 Å². The zero-order valence-electron chi connectivity index (χ0n) is 24.7. The lowest BCUT2D eigenvalue weighted by atomic mass is 9.72. The molecule has 0 radical (unpaired) electrons. The van der Waals surface area contributed by atoms with E-state index in [0.29, 0.717) is 18.3 Å². The molecule has 2 aliphatic rings. The van der Waals surface area contributed by atoms with Gasteiger partial charge in [-0.1, -0.05) is 70.4 Å². The lowest BCUT2D eigenvalue weighted by molar-refractivity contribution is -0.138. The summed E-state index contributed by atoms with van der Waals surface area (Å²) in [5, 5.41) is 17.8. The van der Waals surface area contributed by atoms with Crippen LogP contribution in [0.4, 0.5) is 0 Å². The minimum absolute atomic E-state index is 0.000742. The van der Waals surface area contributed by atoms with Gasteiger partial charge in [0.1, 0.15) is 0 Å². The Kier molecular flexibility index (Phi) is 10.2. The quantitative estimate of drug-likeness (QED) is 0.362. The number of fused-ring (bicyclic) bond motifs is 1. The molecule has 0 unspecified atom stereocenters. The number of amides is 3. The number of β-amino-alcohol motifs (C(OH)–C–C–N with tert-alkyl or cyclic N) is 1. The summed E-state index contributed by atoms with van der Waals surface area (Å²) in [7, 11) is 0. The van der Waals surface area contributed by atoms with Crippen LogP contribution >= 0.6 is 0 Å². The fourth-order valence-electron chi connectivity index (χ4n) is 5.99. The number of carbonyl (C=O) groups excluding carboxylic acids is 3. The predicted molar refractivity (Wildman–Crippen MR) is 154 cm³/mol. The Bertz CT molecular complexity index is 990. The average molecular weight is 543 g/mol. The van der Waals surface area contributed by atoms with E-state index < -0.39 is 29.4 Å². The molecule has 0 spiro atoms. The molecule has 0 aromatic heterocycles. The van der Waals surface area contributed by atoms with Crippen molar-refractivity contribution in [1.82, 2.24) is 15.5 Å². The second-order valence-electron chi connectivity index (χ2n) is 13.4. The summed E-state index contributed by atoms with van der Waals surface area (Å²) in [4.78, 5) is 40.9. The van der Waals surface area contributed by atoms with Crippen LogP contribution in [0.1, 0.15) is 79.2 Å². The molecule has 8 nitrogen and oxygen atoms in total. The molecule has 2 fully saturated rings. The molecule has 0 bridgehead atoms. The molecule has 5 N–H and O–H groups in total. The second-order valence-corrected chi connectivity index (χ2v) is 13.4. The molecule has 1 saturated heterocycles. The Labute approximate surface area is 234 Å². The van der Waals surface area contributed by atoms with E-state index in [4.69, 9.17) is 5.73 Å². The minimum Gasteiger partial charge on any atom is -0.390 e. The van der Waals surface area contributed by atoms with Crippen molar-refractivity contribution >= 4 is 17.7 Å². The molecule has 6 atom stereocenters. The van der Waals surface area contributed by atoms with E-state index in [1.54, 1.807) is 20.8 Å². The van der Waals surface area contributed by atoms with Crippen LogP contribution in [-0.4, -0.2) is 64.5 Å². The number of piperidine rings is 1. The summed E-state index contributed by atoms with van der Waals surface area (Å²) < 4.78 is 0. The summed E-state index contributed by atoms with van der Waals surface area (Å²) in [6.45, 7) is 12.0. The van der Waals surface area contributed by atoms with Gasteiger partial charge in [0.15, 0.2) is 0 Å². The summed E-state index contributed by atoms with van der Waals surface area (Å²) in [6, 6.07) is 8.81. The lowest BCUT2D eigenvalue weighted by Crippen LogP contribution is -2.60. The van der Waals surface area contributed by atoms with Gasteiger partial charge in [-0.3, -0.25) is 19.3 Å². The molecular formula is C31H50N4O4. The van der Waals surface area contributed by atoms with E-state index in [1.807, 2.05) is 51.1 Å². The first-order chi connectivity index (χ1) is 18.2. The van der Waals surface area contributed by atoms with Crippen LogP contribution in [0.5, 0.6) is 0 Å². The highest BCUT2D eigenvalue weighted by molar-refractivity contribution is 5.89. The van der Waals surface area contributed by atoms with E-state index in [-0.39, 0.29) is 29.9 Å². The minimum atomic E-state index is -1.04. The number of likely N-dealkylation sites (tertiary alicyclic amines) is 1. The first kappa shape index (κ1) is 31.1. The SMILES string of the molecule is C[C@H](C(=O)N[C@@H](Cc1ccccc1)[C@H](O)CN1C[C@H]2CCCC[C@H]2C[C@@H]1C(=O)NC(C)(C)C)C(C)(C)C(N)=O. The van der Waals surface area contributed by atoms with E-state index >= 15 is 0 Å². The van der Waals surface area contributed by atoms with Gasteiger partial charge < -0.3 is 21.5 Å². The fraction of sp³-hybridized carbons (Fsp3) is 0.710. The van der Waals surface area contributed by atoms with Crippen LogP contribution in [-0.2, 0) is 20.8 Å². The van der Waals surface area contributed by atoms with E-state index in [1.165, 1.54) is 12.8 Å². The molecule has 3 amide bonds.